The Morgan fingerprint density at radius 3 is 2.81 bits per heavy atom. The van der Waals surface area contributed by atoms with Crippen LogP contribution in [0.25, 0.3) is 10.2 Å². The fourth-order valence-corrected chi connectivity index (χ4v) is 4.04. The normalized spacial score (nSPS) is 18.1. The summed E-state index contributed by atoms with van der Waals surface area (Å²) in [5.74, 6) is 1.27. The van der Waals surface area contributed by atoms with Crippen molar-refractivity contribution in [1.29, 1.82) is 0 Å². The van der Waals surface area contributed by atoms with Crippen molar-refractivity contribution in [2.45, 2.75) is 32.9 Å². The molecule has 0 aliphatic carbocycles. The van der Waals surface area contributed by atoms with E-state index < -0.39 is 0 Å². The van der Waals surface area contributed by atoms with Gasteiger partial charge < -0.3 is 10.1 Å². The molecule has 1 N–H and O–H groups in total. The summed E-state index contributed by atoms with van der Waals surface area (Å²) in [5.41, 5.74) is 0.986. The number of para-hydroxylation sites is 1. The van der Waals surface area contributed by atoms with E-state index in [1.165, 1.54) is 0 Å². The third kappa shape index (κ3) is 3.44. The van der Waals surface area contributed by atoms with E-state index in [0.717, 1.165) is 15.2 Å². The number of aromatic nitrogens is 3. The summed E-state index contributed by atoms with van der Waals surface area (Å²) in [6, 6.07) is 9.71. The maximum absolute atomic E-state index is 12.2. The van der Waals surface area contributed by atoms with Gasteiger partial charge in [-0.2, -0.15) is 4.98 Å². The van der Waals surface area contributed by atoms with Gasteiger partial charge in [-0.25, -0.2) is 14.8 Å². The van der Waals surface area contributed by atoms with Crippen molar-refractivity contribution in [2.24, 2.45) is 5.92 Å². The second-order valence-corrected chi connectivity index (χ2v) is 7.94. The first kappa shape index (κ1) is 17.7. The van der Waals surface area contributed by atoms with Gasteiger partial charge in [-0.05, 0) is 31.0 Å². The smallest absolute Gasteiger partial charge is 0.415 e. The number of benzene rings is 1. The molecule has 3 heterocycles. The molecule has 2 atom stereocenters. The van der Waals surface area contributed by atoms with Gasteiger partial charge in [-0.15, -0.1) is 11.3 Å². The molecule has 7 nitrogen and oxygen atoms in total. The Morgan fingerprint density at radius 2 is 2.04 bits per heavy atom. The maximum Gasteiger partial charge on any atom is 0.415 e. The maximum atomic E-state index is 12.2. The molecule has 1 aliphatic heterocycles. The molecule has 0 unspecified atom stereocenters. The number of hydrogen-bond acceptors (Lipinski definition) is 7. The molecule has 0 bridgehead atoms. The molecule has 0 saturated carbocycles. The van der Waals surface area contributed by atoms with E-state index in [9.17, 15) is 4.79 Å². The summed E-state index contributed by atoms with van der Waals surface area (Å²) in [6.07, 6.45) is 1.29. The Hall–Kier alpha value is -2.74. The van der Waals surface area contributed by atoms with Crippen LogP contribution < -0.4 is 10.2 Å². The van der Waals surface area contributed by atoms with Gasteiger partial charge in [0.05, 0.1) is 22.3 Å². The monoisotopic (exact) mass is 383 g/mol. The molecule has 2 aromatic heterocycles. The lowest BCUT2D eigenvalue weighted by molar-refractivity contribution is 0.177. The quantitative estimate of drug-likeness (QED) is 0.710. The number of carbonyl (C=O) groups excluding carboxylic acids is 1. The highest BCUT2D eigenvalue weighted by Gasteiger charge is 2.37. The second kappa shape index (κ2) is 7.11. The molecule has 0 spiro atoms. The number of carbonyl (C=O) groups is 1. The van der Waals surface area contributed by atoms with Crippen LogP contribution >= 0.6 is 11.3 Å². The van der Waals surface area contributed by atoms with Gasteiger partial charge in [0.2, 0.25) is 5.95 Å². The Labute approximate surface area is 161 Å². The first-order valence-corrected chi connectivity index (χ1v) is 9.75. The largest absolute Gasteiger partial charge is 0.447 e. The minimum absolute atomic E-state index is 0.0260. The standard InChI is InChI=1S/C19H21N5O2S/c1-11(2)14-10-26-19(25)24(14)16-8-9-20-18(23-16)21-12(3)17-22-13-6-4-5-7-15(13)27-17/h4-9,11-12,14H,10H2,1-3H3,(H,20,21,23)/t12-,14+/m0/s1. The van der Waals surface area contributed by atoms with Crippen LogP contribution in [0.3, 0.4) is 0 Å². The van der Waals surface area contributed by atoms with Crippen LogP contribution in [0.15, 0.2) is 36.5 Å². The molecule has 1 aliphatic rings. The van der Waals surface area contributed by atoms with E-state index in [0.29, 0.717) is 18.4 Å². The summed E-state index contributed by atoms with van der Waals surface area (Å²) < 4.78 is 6.36. The Morgan fingerprint density at radius 1 is 1.22 bits per heavy atom. The van der Waals surface area contributed by atoms with Crippen LogP contribution in [0, 0.1) is 5.92 Å². The lowest BCUT2D eigenvalue weighted by atomic mass is 10.0. The summed E-state index contributed by atoms with van der Waals surface area (Å²) in [5, 5.41) is 4.25. The van der Waals surface area contributed by atoms with Crippen LogP contribution in [0.1, 0.15) is 31.8 Å². The number of nitrogens with one attached hydrogen (secondary N) is 1. The third-order valence-corrected chi connectivity index (χ3v) is 5.81. The van der Waals surface area contributed by atoms with Crippen LogP contribution in [-0.2, 0) is 4.74 Å². The molecule has 3 aromatic rings. The highest BCUT2D eigenvalue weighted by Crippen LogP contribution is 2.29. The third-order valence-electron chi connectivity index (χ3n) is 4.59. The molecular formula is C19H21N5O2S. The lowest BCUT2D eigenvalue weighted by Gasteiger charge is -2.23. The van der Waals surface area contributed by atoms with Crippen molar-refractivity contribution in [3.8, 4) is 0 Å². The number of rotatable bonds is 5. The number of cyclic esters (lactones) is 1. The van der Waals surface area contributed by atoms with Gasteiger partial charge in [0.25, 0.3) is 0 Å². The van der Waals surface area contributed by atoms with E-state index in [2.05, 4.69) is 40.2 Å². The van der Waals surface area contributed by atoms with E-state index in [4.69, 9.17) is 4.74 Å². The molecule has 1 saturated heterocycles. The number of amides is 1. The summed E-state index contributed by atoms with van der Waals surface area (Å²) >= 11 is 1.65. The Kier molecular flexibility index (Phi) is 4.65. The molecule has 1 amide bonds. The van der Waals surface area contributed by atoms with Crippen molar-refractivity contribution < 1.29 is 9.53 Å². The van der Waals surface area contributed by atoms with Gasteiger partial charge in [0, 0.05) is 6.20 Å². The van der Waals surface area contributed by atoms with Crippen molar-refractivity contribution >= 4 is 39.4 Å². The molecule has 1 aromatic carbocycles. The van der Waals surface area contributed by atoms with Crippen LogP contribution in [0.5, 0.6) is 0 Å². The zero-order valence-corrected chi connectivity index (χ0v) is 16.2. The van der Waals surface area contributed by atoms with Crippen molar-refractivity contribution in [3.63, 3.8) is 0 Å². The zero-order chi connectivity index (χ0) is 19.0. The highest BCUT2D eigenvalue weighted by atomic mass is 32.1. The Bertz CT molecular complexity index is 940. The molecule has 27 heavy (non-hydrogen) atoms. The van der Waals surface area contributed by atoms with Crippen molar-refractivity contribution in [1.82, 2.24) is 15.0 Å². The highest BCUT2D eigenvalue weighted by molar-refractivity contribution is 7.18. The number of hydrogen-bond donors (Lipinski definition) is 1. The van der Waals surface area contributed by atoms with Crippen LogP contribution in [0.4, 0.5) is 16.6 Å². The summed E-state index contributed by atoms with van der Waals surface area (Å²) in [6.45, 7) is 6.53. The number of nitrogens with zero attached hydrogens (tertiary/aromatic N) is 4. The first-order chi connectivity index (χ1) is 13.0. The molecule has 8 heteroatoms. The van der Waals surface area contributed by atoms with Crippen molar-refractivity contribution in [2.75, 3.05) is 16.8 Å². The predicted molar refractivity (Wildman–Crippen MR) is 106 cm³/mol. The minimum atomic E-state index is -0.363. The molecular weight excluding hydrogens is 362 g/mol. The minimum Gasteiger partial charge on any atom is -0.447 e. The second-order valence-electron chi connectivity index (χ2n) is 6.88. The topological polar surface area (TPSA) is 80.2 Å². The van der Waals surface area contributed by atoms with Gasteiger partial charge in [0.15, 0.2) is 0 Å². The number of ether oxygens (including phenoxy) is 1. The van der Waals surface area contributed by atoms with Crippen LogP contribution in [-0.4, -0.2) is 33.7 Å². The van der Waals surface area contributed by atoms with E-state index in [-0.39, 0.29) is 24.1 Å². The number of anilines is 2. The van der Waals surface area contributed by atoms with Gasteiger partial charge in [-0.1, -0.05) is 26.0 Å². The summed E-state index contributed by atoms with van der Waals surface area (Å²) in [4.78, 5) is 27.3. The van der Waals surface area contributed by atoms with E-state index in [1.54, 1.807) is 28.5 Å². The lowest BCUT2D eigenvalue weighted by Crippen LogP contribution is -2.37. The van der Waals surface area contributed by atoms with E-state index >= 15 is 0 Å². The Balaban J connectivity index is 1.56. The van der Waals surface area contributed by atoms with Gasteiger partial charge in [-0.3, -0.25) is 4.90 Å². The predicted octanol–water partition coefficient (Wildman–Crippen LogP) is 4.24. The van der Waals surface area contributed by atoms with Gasteiger partial charge >= 0.3 is 6.09 Å². The fourth-order valence-electron chi connectivity index (χ4n) is 3.07. The van der Waals surface area contributed by atoms with Crippen molar-refractivity contribution in [3.05, 3.63) is 41.5 Å². The van der Waals surface area contributed by atoms with Gasteiger partial charge in [0.1, 0.15) is 17.4 Å². The average molecular weight is 383 g/mol. The zero-order valence-electron chi connectivity index (χ0n) is 15.4. The average Bonchev–Trinajstić information content (AvgIpc) is 3.25. The molecule has 1 fully saturated rings. The number of fused-ring (bicyclic) bond motifs is 1. The molecule has 0 radical (unpaired) electrons. The van der Waals surface area contributed by atoms with Crippen LogP contribution in [0.2, 0.25) is 0 Å². The molecule has 4 rings (SSSR count). The van der Waals surface area contributed by atoms with E-state index in [1.807, 2.05) is 25.1 Å². The first-order valence-electron chi connectivity index (χ1n) is 8.94. The number of thiazole rings is 1. The SMILES string of the molecule is CC(C)[C@H]1COC(=O)N1c1ccnc(N[C@@H](C)c2nc3ccccc3s2)n1. The summed E-state index contributed by atoms with van der Waals surface area (Å²) in [7, 11) is 0. The fraction of sp³-hybridized carbons (Fsp3) is 0.368. The molecule has 140 valence electrons.